The van der Waals surface area contributed by atoms with Gasteiger partial charge in [0.15, 0.2) is 0 Å². The van der Waals surface area contributed by atoms with Crippen LogP contribution in [0, 0.1) is 0 Å². The van der Waals surface area contributed by atoms with E-state index >= 15 is 0 Å². The van der Waals surface area contributed by atoms with Crippen LogP contribution in [0.3, 0.4) is 0 Å². The number of carbonyl (C=O) groups is 2. The Morgan fingerprint density at radius 1 is 1.42 bits per heavy atom. The van der Waals surface area contributed by atoms with E-state index in [2.05, 4.69) is 38.8 Å². The van der Waals surface area contributed by atoms with Crippen LogP contribution in [0.25, 0.3) is 0 Å². The van der Waals surface area contributed by atoms with Crippen LogP contribution in [0.5, 0.6) is 0 Å². The Morgan fingerprint density at radius 3 is 1.83 bits per heavy atom. The zero-order chi connectivity index (χ0) is 9.56. The van der Waals surface area contributed by atoms with Crippen LogP contribution in [-0.2, 0) is 9.59 Å². The number of amides is 2. The Morgan fingerprint density at radius 2 is 1.75 bits per heavy atom. The van der Waals surface area contributed by atoms with Crippen LogP contribution in [0.2, 0.25) is 0 Å². The highest BCUT2D eigenvalue weighted by molar-refractivity contribution is 9.12. The smallest absolute Gasteiger partial charge is 0.250 e. The van der Waals surface area contributed by atoms with Gasteiger partial charge in [-0.2, -0.15) is 0 Å². The molecule has 0 saturated carbocycles. The summed E-state index contributed by atoms with van der Waals surface area (Å²) < 4.78 is 0. The normalized spacial score (nSPS) is 16.6. The molecule has 12 heavy (non-hydrogen) atoms. The van der Waals surface area contributed by atoms with Crippen molar-refractivity contribution in [3.63, 3.8) is 0 Å². The molecule has 0 aliphatic carbocycles. The van der Waals surface area contributed by atoms with Crippen LogP contribution < -0.4 is 5.32 Å². The van der Waals surface area contributed by atoms with Gasteiger partial charge in [0.2, 0.25) is 0 Å². The first-order chi connectivity index (χ1) is 5.56. The minimum Gasteiger partial charge on any atom is -0.289 e. The van der Waals surface area contributed by atoms with Crippen molar-refractivity contribution in [3.8, 4) is 0 Å². The summed E-state index contributed by atoms with van der Waals surface area (Å²) >= 11 is 6.59. The van der Waals surface area contributed by atoms with Gasteiger partial charge >= 0.3 is 0 Å². The van der Waals surface area contributed by atoms with Crippen molar-refractivity contribution in [2.45, 2.75) is 11.8 Å². The molecule has 0 radical (unpaired) electrons. The number of imide groups is 1. The summed E-state index contributed by atoms with van der Waals surface area (Å²) in [7, 11) is 0. The largest absolute Gasteiger partial charge is 0.289 e. The van der Waals surface area contributed by atoms with Crippen molar-refractivity contribution in [1.29, 1.82) is 0 Å². The summed E-state index contributed by atoms with van der Waals surface area (Å²) in [5.74, 6) is -0.657. The van der Waals surface area contributed by atoms with Gasteiger partial charge < -0.3 is 0 Å². The van der Waals surface area contributed by atoms with E-state index in [1.54, 1.807) is 0 Å². The molecule has 1 rings (SSSR count). The van der Waals surface area contributed by atoms with Gasteiger partial charge in [-0.05, 0) is 0 Å². The van der Waals surface area contributed by atoms with Gasteiger partial charge in [0.25, 0.3) is 11.8 Å². The highest BCUT2D eigenvalue weighted by Crippen LogP contribution is 1.99. The van der Waals surface area contributed by atoms with Gasteiger partial charge in [0.05, 0.1) is 0 Å². The molecule has 2 amide bonds. The topological polar surface area (TPSA) is 46.2 Å². The lowest BCUT2D eigenvalue weighted by Gasteiger charge is -1.86. The van der Waals surface area contributed by atoms with Gasteiger partial charge in [-0.15, -0.1) is 0 Å². The Balaban J connectivity index is 0.000000217. The van der Waals surface area contributed by atoms with Crippen LogP contribution in [-0.4, -0.2) is 22.0 Å². The van der Waals surface area contributed by atoms with Crippen molar-refractivity contribution in [2.24, 2.45) is 0 Å². The monoisotopic (exact) mass is 297 g/mol. The van der Waals surface area contributed by atoms with E-state index in [1.807, 2.05) is 5.32 Å². The van der Waals surface area contributed by atoms with Crippen LogP contribution in [0.15, 0.2) is 12.2 Å². The van der Waals surface area contributed by atoms with E-state index in [4.69, 9.17) is 0 Å². The Kier molecular flexibility index (Phi) is 6.28. The van der Waals surface area contributed by atoms with E-state index in [-0.39, 0.29) is 11.8 Å². The average molecular weight is 299 g/mol. The number of alkyl halides is 2. The van der Waals surface area contributed by atoms with E-state index in [9.17, 15) is 9.59 Å². The van der Waals surface area contributed by atoms with Crippen molar-refractivity contribution in [3.05, 3.63) is 12.2 Å². The standard InChI is InChI=1S/C4H3NO2.C3H6Br2/c6-3-1-2-4(7)5-3;1-3(5)2-4/h1-2H,(H,5,6,7);3H,2H2,1H3. The van der Waals surface area contributed by atoms with Crippen molar-refractivity contribution in [1.82, 2.24) is 5.32 Å². The molecule has 3 nitrogen and oxygen atoms in total. The molecular weight excluding hydrogens is 290 g/mol. The molecule has 1 unspecified atom stereocenters. The fourth-order valence-corrected chi connectivity index (χ4v) is 0.356. The van der Waals surface area contributed by atoms with Gasteiger partial charge in [-0.1, -0.05) is 38.8 Å². The minimum atomic E-state index is -0.329. The third-order valence-corrected chi connectivity index (χ3v) is 3.01. The van der Waals surface area contributed by atoms with Crippen molar-refractivity contribution < 1.29 is 9.59 Å². The summed E-state index contributed by atoms with van der Waals surface area (Å²) in [6.45, 7) is 2.09. The summed E-state index contributed by atoms with van der Waals surface area (Å²) in [6.07, 6.45) is 2.39. The molecule has 1 aliphatic rings. The molecule has 5 heteroatoms. The van der Waals surface area contributed by atoms with E-state index in [1.165, 1.54) is 12.2 Å². The number of carbonyl (C=O) groups excluding carboxylic acids is 2. The highest BCUT2D eigenvalue weighted by atomic mass is 79.9. The van der Waals surface area contributed by atoms with Gasteiger partial charge in [0, 0.05) is 22.3 Å². The summed E-state index contributed by atoms with van der Waals surface area (Å²) in [5.41, 5.74) is 0. The number of hydrogen-bond acceptors (Lipinski definition) is 2. The van der Waals surface area contributed by atoms with Crippen LogP contribution in [0.1, 0.15) is 6.92 Å². The molecular formula is C7H9Br2NO2. The first kappa shape index (κ1) is 11.8. The second-order valence-corrected chi connectivity index (χ2v) is 4.33. The molecule has 0 aromatic heterocycles. The molecule has 0 fully saturated rings. The van der Waals surface area contributed by atoms with Crippen molar-refractivity contribution in [2.75, 3.05) is 5.33 Å². The minimum absolute atomic E-state index is 0.329. The predicted molar refractivity (Wildman–Crippen MR) is 54.5 cm³/mol. The number of rotatable bonds is 1. The SMILES string of the molecule is CC(Br)CBr.O=C1C=CC(=O)N1. The molecule has 1 N–H and O–H groups in total. The van der Waals surface area contributed by atoms with Crippen molar-refractivity contribution >= 4 is 43.7 Å². The molecule has 0 bridgehead atoms. The lowest BCUT2D eigenvalue weighted by molar-refractivity contribution is -0.123. The highest BCUT2D eigenvalue weighted by Gasteiger charge is 2.06. The van der Waals surface area contributed by atoms with Gasteiger partial charge in [-0.3, -0.25) is 14.9 Å². The summed E-state index contributed by atoms with van der Waals surface area (Å²) in [6, 6.07) is 0. The molecule has 1 heterocycles. The molecule has 1 aliphatic heterocycles. The first-order valence-corrected chi connectivity index (χ1v) is 5.33. The zero-order valence-electron chi connectivity index (χ0n) is 6.51. The van der Waals surface area contributed by atoms with E-state index in [0.717, 1.165) is 5.33 Å². The van der Waals surface area contributed by atoms with E-state index < -0.39 is 0 Å². The lowest BCUT2D eigenvalue weighted by atomic mass is 10.6. The van der Waals surface area contributed by atoms with Gasteiger partial charge in [0.1, 0.15) is 0 Å². The molecule has 0 spiro atoms. The van der Waals surface area contributed by atoms with E-state index in [0.29, 0.717) is 4.83 Å². The first-order valence-electron chi connectivity index (χ1n) is 3.29. The third-order valence-electron chi connectivity index (χ3n) is 0.845. The second-order valence-electron chi connectivity index (χ2n) is 2.12. The Bertz CT molecular complexity index is 186. The number of halogens is 2. The zero-order valence-corrected chi connectivity index (χ0v) is 9.68. The van der Waals surface area contributed by atoms with Gasteiger partial charge in [-0.25, -0.2) is 0 Å². The molecule has 0 aromatic carbocycles. The maximum absolute atomic E-state index is 10.0. The molecule has 68 valence electrons. The summed E-state index contributed by atoms with van der Waals surface area (Å²) in [4.78, 5) is 20.7. The van der Waals surface area contributed by atoms with Crippen LogP contribution >= 0.6 is 31.9 Å². The molecule has 0 aromatic rings. The Hall–Kier alpha value is -0.160. The fraction of sp³-hybridized carbons (Fsp3) is 0.429. The fourth-order valence-electron chi connectivity index (χ4n) is 0.356. The second kappa shape index (κ2) is 6.37. The molecule has 1 atom stereocenters. The Labute approximate surface area is 87.8 Å². The summed E-state index contributed by atoms with van der Waals surface area (Å²) in [5, 5.41) is 3.06. The predicted octanol–water partition coefficient (Wildman–Crippen LogP) is 1.36. The lowest BCUT2D eigenvalue weighted by Crippen LogP contribution is -2.19. The molecule has 0 saturated heterocycles. The van der Waals surface area contributed by atoms with Crippen LogP contribution in [0.4, 0.5) is 0 Å². The maximum Gasteiger partial charge on any atom is 0.250 e. The third kappa shape index (κ3) is 6.54. The maximum atomic E-state index is 10.0. The average Bonchev–Trinajstić information content (AvgIpc) is 2.36. The number of nitrogens with one attached hydrogen (secondary N) is 1. The number of hydrogen-bond donors (Lipinski definition) is 1. The quantitative estimate of drug-likeness (QED) is 0.587.